The molecule has 1 aliphatic carbocycles. The molecule has 0 bridgehead atoms. The van der Waals surface area contributed by atoms with Gasteiger partial charge < -0.3 is 10.2 Å². The van der Waals surface area contributed by atoms with E-state index in [9.17, 15) is 0 Å². The fourth-order valence-corrected chi connectivity index (χ4v) is 2.08. The number of hydrogen-bond acceptors (Lipinski definition) is 2. The smallest absolute Gasteiger partial charge is 0.121 e. The van der Waals surface area contributed by atoms with Crippen molar-refractivity contribution in [3.63, 3.8) is 0 Å². The minimum Gasteiger partial charge on any atom is -0.464 e. The SMILES string of the molecule is CCc1ccc(C(N)C2CC2(C)C)o1. The van der Waals surface area contributed by atoms with Gasteiger partial charge in [0.15, 0.2) is 0 Å². The monoisotopic (exact) mass is 193 g/mol. The Bertz CT molecular complexity index is 327. The Morgan fingerprint density at radius 1 is 1.57 bits per heavy atom. The number of hydrogen-bond donors (Lipinski definition) is 1. The van der Waals surface area contributed by atoms with Gasteiger partial charge in [0.05, 0.1) is 6.04 Å². The third-order valence-electron chi connectivity index (χ3n) is 3.38. The third-order valence-corrected chi connectivity index (χ3v) is 3.38. The molecule has 0 spiro atoms. The summed E-state index contributed by atoms with van der Waals surface area (Å²) in [4.78, 5) is 0. The average molecular weight is 193 g/mol. The van der Waals surface area contributed by atoms with Gasteiger partial charge in [0, 0.05) is 6.42 Å². The summed E-state index contributed by atoms with van der Waals surface area (Å²) in [5, 5.41) is 0. The molecule has 14 heavy (non-hydrogen) atoms. The predicted molar refractivity (Wildman–Crippen MR) is 56.9 cm³/mol. The zero-order valence-corrected chi connectivity index (χ0v) is 9.21. The molecular formula is C12H19NO. The summed E-state index contributed by atoms with van der Waals surface area (Å²) in [6.07, 6.45) is 2.16. The number of rotatable bonds is 3. The molecule has 2 N–H and O–H groups in total. The van der Waals surface area contributed by atoms with Crippen LogP contribution < -0.4 is 5.73 Å². The maximum Gasteiger partial charge on any atom is 0.121 e. The van der Waals surface area contributed by atoms with Crippen LogP contribution in [0.25, 0.3) is 0 Å². The normalized spacial score (nSPS) is 26.1. The molecule has 2 atom stereocenters. The molecule has 1 aliphatic rings. The van der Waals surface area contributed by atoms with Gasteiger partial charge in [0.25, 0.3) is 0 Å². The van der Waals surface area contributed by atoms with Crippen molar-refractivity contribution in [1.29, 1.82) is 0 Å². The molecule has 1 aromatic rings. The molecule has 0 saturated heterocycles. The van der Waals surface area contributed by atoms with Crippen LogP contribution in [-0.4, -0.2) is 0 Å². The number of nitrogens with two attached hydrogens (primary N) is 1. The minimum atomic E-state index is 0.0882. The first-order chi connectivity index (χ1) is 6.54. The van der Waals surface area contributed by atoms with Crippen molar-refractivity contribution in [2.24, 2.45) is 17.1 Å². The van der Waals surface area contributed by atoms with Gasteiger partial charge in [-0.05, 0) is 29.9 Å². The molecule has 0 aliphatic heterocycles. The van der Waals surface area contributed by atoms with E-state index in [1.54, 1.807) is 0 Å². The number of aryl methyl sites for hydroxylation is 1. The van der Waals surface area contributed by atoms with Gasteiger partial charge in [-0.1, -0.05) is 20.8 Å². The van der Waals surface area contributed by atoms with Crippen LogP contribution in [0.15, 0.2) is 16.5 Å². The second-order valence-corrected chi connectivity index (χ2v) is 4.98. The summed E-state index contributed by atoms with van der Waals surface area (Å²) in [7, 11) is 0. The van der Waals surface area contributed by atoms with Crippen LogP contribution in [0, 0.1) is 11.3 Å². The highest BCUT2D eigenvalue weighted by Crippen LogP contribution is 2.57. The van der Waals surface area contributed by atoms with Crippen molar-refractivity contribution in [3.05, 3.63) is 23.7 Å². The first kappa shape index (κ1) is 9.78. The highest BCUT2D eigenvalue weighted by molar-refractivity contribution is 5.15. The minimum absolute atomic E-state index is 0.0882. The summed E-state index contributed by atoms with van der Waals surface area (Å²) >= 11 is 0. The van der Waals surface area contributed by atoms with E-state index in [4.69, 9.17) is 10.2 Å². The van der Waals surface area contributed by atoms with Crippen LogP contribution in [0.5, 0.6) is 0 Å². The lowest BCUT2D eigenvalue weighted by atomic mass is 10.0. The van der Waals surface area contributed by atoms with Gasteiger partial charge in [0.1, 0.15) is 11.5 Å². The van der Waals surface area contributed by atoms with Gasteiger partial charge >= 0.3 is 0 Å². The molecule has 2 heteroatoms. The van der Waals surface area contributed by atoms with E-state index in [0.29, 0.717) is 11.3 Å². The van der Waals surface area contributed by atoms with Crippen LogP contribution >= 0.6 is 0 Å². The van der Waals surface area contributed by atoms with E-state index < -0.39 is 0 Å². The highest BCUT2D eigenvalue weighted by Gasteiger charge is 2.50. The second kappa shape index (κ2) is 3.13. The van der Waals surface area contributed by atoms with E-state index >= 15 is 0 Å². The van der Waals surface area contributed by atoms with Crippen molar-refractivity contribution in [1.82, 2.24) is 0 Å². The second-order valence-electron chi connectivity index (χ2n) is 4.98. The fourth-order valence-electron chi connectivity index (χ4n) is 2.08. The average Bonchev–Trinajstić information content (AvgIpc) is 2.64. The Morgan fingerprint density at radius 2 is 2.21 bits per heavy atom. The molecule has 2 nitrogen and oxygen atoms in total. The summed E-state index contributed by atoms with van der Waals surface area (Å²) in [5.41, 5.74) is 6.57. The van der Waals surface area contributed by atoms with Crippen LogP contribution in [0.4, 0.5) is 0 Å². The van der Waals surface area contributed by atoms with Crippen molar-refractivity contribution in [3.8, 4) is 0 Å². The van der Waals surface area contributed by atoms with E-state index in [2.05, 4.69) is 20.8 Å². The summed E-state index contributed by atoms with van der Waals surface area (Å²) in [5.74, 6) is 2.59. The summed E-state index contributed by atoms with van der Waals surface area (Å²) < 4.78 is 5.66. The van der Waals surface area contributed by atoms with Crippen LogP contribution in [0.1, 0.15) is 44.8 Å². The third kappa shape index (κ3) is 1.59. The van der Waals surface area contributed by atoms with E-state index in [0.717, 1.165) is 17.9 Å². The standard InChI is InChI=1S/C12H19NO/c1-4-8-5-6-10(14-8)11(13)9-7-12(9,2)3/h5-6,9,11H,4,7,13H2,1-3H3. The highest BCUT2D eigenvalue weighted by atomic mass is 16.3. The largest absolute Gasteiger partial charge is 0.464 e. The first-order valence-electron chi connectivity index (χ1n) is 5.39. The zero-order valence-electron chi connectivity index (χ0n) is 9.21. The maximum absolute atomic E-state index is 6.15. The number of furan rings is 1. The first-order valence-corrected chi connectivity index (χ1v) is 5.39. The quantitative estimate of drug-likeness (QED) is 0.801. The molecule has 2 rings (SSSR count). The van der Waals surface area contributed by atoms with E-state index in [1.165, 1.54) is 6.42 Å². The Labute approximate surface area is 85.5 Å². The van der Waals surface area contributed by atoms with Gasteiger partial charge in [-0.15, -0.1) is 0 Å². The van der Waals surface area contributed by atoms with Crippen molar-refractivity contribution in [2.75, 3.05) is 0 Å². The molecule has 1 fully saturated rings. The molecule has 1 aromatic heterocycles. The molecular weight excluding hydrogens is 174 g/mol. The molecule has 1 heterocycles. The summed E-state index contributed by atoms with van der Waals surface area (Å²) in [6, 6.07) is 4.15. The Balaban J connectivity index is 2.08. The lowest BCUT2D eigenvalue weighted by Crippen LogP contribution is -2.14. The van der Waals surface area contributed by atoms with Crippen LogP contribution in [0.3, 0.4) is 0 Å². The lowest BCUT2D eigenvalue weighted by molar-refractivity contribution is 0.389. The molecule has 0 radical (unpaired) electrons. The molecule has 1 saturated carbocycles. The Hall–Kier alpha value is -0.760. The van der Waals surface area contributed by atoms with Crippen LogP contribution in [0.2, 0.25) is 0 Å². The molecule has 78 valence electrons. The van der Waals surface area contributed by atoms with Gasteiger partial charge in [-0.3, -0.25) is 0 Å². The predicted octanol–water partition coefficient (Wildman–Crippen LogP) is 2.89. The molecule has 0 aromatic carbocycles. The van der Waals surface area contributed by atoms with Gasteiger partial charge in [0.2, 0.25) is 0 Å². The molecule has 2 unspecified atom stereocenters. The van der Waals surface area contributed by atoms with Gasteiger partial charge in [-0.2, -0.15) is 0 Å². The van der Waals surface area contributed by atoms with Crippen molar-refractivity contribution >= 4 is 0 Å². The van der Waals surface area contributed by atoms with Crippen molar-refractivity contribution < 1.29 is 4.42 Å². The molecule has 0 amide bonds. The maximum atomic E-state index is 6.15. The van der Waals surface area contributed by atoms with E-state index in [1.807, 2.05) is 12.1 Å². The Kier molecular flexibility index (Phi) is 2.18. The van der Waals surface area contributed by atoms with E-state index in [-0.39, 0.29) is 6.04 Å². The summed E-state index contributed by atoms with van der Waals surface area (Å²) in [6.45, 7) is 6.62. The van der Waals surface area contributed by atoms with Gasteiger partial charge in [-0.25, -0.2) is 0 Å². The van der Waals surface area contributed by atoms with Crippen molar-refractivity contribution in [2.45, 2.75) is 39.7 Å². The lowest BCUT2D eigenvalue weighted by Gasteiger charge is -2.10. The fraction of sp³-hybridized carbons (Fsp3) is 0.667. The Morgan fingerprint density at radius 3 is 2.64 bits per heavy atom. The zero-order chi connectivity index (χ0) is 10.3. The van der Waals surface area contributed by atoms with Crippen LogP contribution in [-0.2, 0) is 6.42 Å². The topological polar surface area (TPSA) is 39.2 Å².